The van der Waals surface area contributed by atoms with Gasteiger partial charge in [0, 0.05) is 5.02 Å². The summed E-state index contributed by atoms with van der Waals surface area (Å²) in [7, 11) is 0. The zero-order chi connectivity index (χ0) is 19.4. The number of nitrogens with zero attached hydrogens (tertiary/aromatic N) is 6. The van der Waals surface area contributed by atoms with E-state index < -0.39 is 5.69 Å². The highest BCUT2D eigenvalue weighted by atomic mass is 35.5. The third-order valence-electron chi connectivity index (χ3n) is 3.34. The van der Waals surface area contributed by atoms with Gasteiger partial charge in [-0.15, -0.1) is 10.2 Å². The first-order valence-electron chi connectivity index (χ1n) is 7.92. The summed E-state index contributed by atoms with van der Waals surface area (Å²) in [5, 5.41) is 16.6. The molecule has 3 rings (SSSR count). The number of halogens is 1. The number of thioether (sulfide) groups is 1. The molecule has 3 aromatic rings. The fraction of sp³-hybridized carbons (Fsp3) is 0.333. The van der Waals surface area contributed by atoms with Crippen molar-refractivity contribution < 1.29 is 9.53 Å². The normalized spacial score (nSPS) is 12.1. The summed E-state index contributed by atoms with van der Waals surface area (Å²) in [6.07, 6.45) is 0. The third-order valence-corrected chi connectivity index (χ3v) is 5.66. The number of hydrogen-bond acceptors (Lipinski definition) is 9. The molecule has 0 amide bonds. The molecule has 1 unspecified atom stereocenters. The highest BCUT2D eigenvalue weighted by molar-refractivity contribution is 8.02. The number of rotatable bonds is 7. The number of tetrazole rings is 1. The van der Waals surface area contributed by atoms with Crippen LogP contribution in [0.3, 0.4) is 0 Å². The first-order chi connectivity index (χ1) is 13.0. The van der Waals surface area contributed by atoms with Crippen molar-refractivity contribution in [2.24, 2.45) is 0 Å². The summed E-state index contributed by atoms with van der Waals surface area (Å²) in [5.41, 5.74) is 0.161. The SMILES string of the molecule is CCOC(=O)C(C)Sc1nnc(Cn2nnn(-c3ccc(Cl)cc3)c2=O)s1. The van der Waals surface area contributed by atoms with E-state index in [9.17, 15) is 9.59 Å². The van der Waals surface area contributed by atoms with E-state index in [2.05, 4.69) is 20.6 Å². The van der Waals surface area contributed by atoms with E-state index in [0.29, 0.717) is 26.7 Å². The summed E-state index contributed by atoms with van der Waals surface area (Å²) in [6.45, 7) is 3.97. The Labute approximate surface area is 167 Å². The molecule has 142 valence electrons. The van der Waals surface area contributed by atoms with Crippen molar-refractivity contribution in [2.75, 3.05) is 6.61 Å². The average molecular weight is 427 g/mol. The van der Waals surface area contributed by atoms with Crippen LogP contribution in [0.4, 0.5) is 0 Å². The summed E-state index contributed by atoms with van der Waals surface area (Å²) in [6, 6.07) is 6.70. The van der Waals surface area contributed by atoms with Gasteiger partial charge in [-0.2, -0.15) is 9.36 Å². The van der Waals surface area contributed by atoms with Gasteiger partial charge in [0.25, 0.3) is 0 Å². The van der Waals surface area contributed by atoms with Gasteiger partial charge in [-0.3, -0.25) is 4.79 Å². The maximum absolute atomic E-state index is 12.5. The summed E-state index contributed by atoms with van der Waals surface area (Å²) in [5.74, 6) is -0.304. The number of hydrogen-bond donors (Lipinski definition) is 0. The van der Waals surface area contributed by atoms with Gasteiger partial charge in [-0.1, -0.05) is 34.7 Å². The molecule has 9 nitrogen and oxygen atoms in total. The highest BCUT2D eigenvalue weighted by Crippen LogP contribution is 2.27. The molecule has 0 radical (unpaired) electrons. The van der Waals surface area contributed by atoms with Crippen LogP contribution in [0.2, 0.25) is 5.02 Å². The number of esters is 1. The molecule has 0 aliphatic rings. The molecule has 0 saturated heterocycles. The Balaban J connectivity index is 1.70. The van der Waals surface area contributed by atoms with Crippen molar-refractivity contribution in [1.29, 1.82) is 0 Å². The van der Waals surface area contributed by atoms with E-state index >= 15 is 0 Å². The highest BCUT2D eigenvalue weighted by Gasteiger charge is 2.19. The Morgan fingerprint density at radius 2 is 2.04 bits per heavy atom. The van der Waals surface area contributed by atoms with Gasteiger partial charge in [0.15, 0.2) is 4.34 Å². The van der Waals surface area contributed by atoms with Gasteiger partial charge in [-0.25, -0.2) is 4.79 Å². The smallest absolute Gasteiger partial charge is 0.368 e. The minimum Gasteiger partial charge on any atom is -0.465 e. The van der Waals surface area contributed by atoms with E-state index in [0.717, 1.165) is 0 Å². The Morgan fingerprint density at radius 3 is 2.74 bits per heavy atom. The van der Waals surface area contributed by atoms with Crippen LogP contribution in [0.1, 0.15) is 18.9 Å². The number of carbonyl (C=O) groups excluding carboxylic acids is 1. The topological polar surface area (TPSA) is 105 Å². The molecule has 0 aliphatic heterocycles. The maximum Gasteiger partial charge on any atom is 0.368 e. The van der Waals surface area contributed by atoms with Gasteiger partial charge >= 0.3 is 11.7 Å². The van der Waals surface area contributed by atoms with Crippen LogP contribution >= 0.6 is 34.7 Å². The van der Waals surface area contributed by atoms with E-state index in [1.165, 1.54) is 32.5 Å². The average Bonchev–Trinajstić information content (AvgIpc) is 3.23. The van der Waals surface area contributed by atoms with Crippen molar-refractivity contribution in [2.45, 2.75) is 30.0 Å². The predicted octanol–water partition coefficient (Wildman–Crippen LogP) is 2.03. The predicted molar refractivity (Wildman–Crippen MR) is 102 cm³/mol. The lowest BCUT2D eigenvalue weighted by molar-refractivity contribution is -0.142. The van der Waals surface area contributed by atoms with Crippen molar-refractivity contribution in [3.05, 3.63) is 44.8 Å². The lowest BCUT2D eigenvalue weighted by Gasteiger charge is -2.06. The molecule has 27 heavy (non-hydrogen) atoms. The second kappa shape index (κ2) is 8.63. The number of aromatic nitrogens is 6. The Kier molecular flexibility index (Phi) is 6.24. The molecule has 1 aromatic carbocycles. The molecular formula is C15H15ClN6O3S2. The molecule has 0 N–H and O–H groups in total. The second-order valence-electron chi connectivity index (χ2n) is 5.28. The van der Waals surface area contributed by atoms with E-state index in [1.807, 2.05) is 0 Å². The van der Waals surface area contributed by atoms with E-state index in [-0.39, 0.29) is 17.8 Å². The summed E-state index contributed by atoms with van der Waals surface area (Å²) in [4.78, 5) is 24.1. The molecule has 0 spiro atoms. The summed E-state index contributed by atoms with van der Waals surface area (Å²) >= 11 is 8.40. The van der Waals surface area contributed by atoms with Gasteiger partial charge < -0.3 is 4.74 Å². The van der Waals surface area contributed by atoms with Crippen LogP contribution in [-0.4, -0.2) is 47.8 Å². The maximum atomic E-state index is 12.5. The van der Waals surface area contributed by atoms with Crippen LogP contribution in [-0.2, 0) is 16.1 Å². The Morgan fingerprint density at radius 1 is 1.30 bits per heavy atom. The third kappa shape index (κ3) is 4.73. The van der Waals surface area contributed by atoms with Gasteiger partial charge in [0.05, 0.1) is 12.3 Å². The van der Waals surface area contributed by atoms with Crippen LogP contribution < -0.4 is 5.69 Å². The first-order valence-corrected chi connectivity index (χ1v) is 9.99. The zero-order valence-electron chi connectivity index (χ0n) is 14.4. The molecule has 0 fully saturated rings. The second-order valence-corrected chi connectivity index (χ2v) is 8.37. The first kappa shape index (κ1) is 19.5. The fourth-order valence-corrected chi connectivity index (χ4v) is 4.20. The summed E-state index contributed by atoms with van der Waals surface area (Å²) < 4.78 is 7.95. The minimum absolute atomic E-state index is 0.137. The molecular weight excluding hydrogens is 412 g/mol. The Bertz CT molecular complexity index is 984. The Hall–Kier alpha value is -2.24. The lowest BCUT2D eigenvalue weighted by Crippen LogP contribution is -2.24. The van der Waals surface area contributed by atoms with E-state index in [4.69, 9.17) is 16.3 Å². The molecule has 1 atom stereocenters. The van der Waals surface area contributed by atoms with Crippen molar-refractivity contribution in [1.82, 2.24) is 30.0 Å². The monoisotopic (exact) mass is 426 g/mol. The van der Waals surface area contributed by atoms with Crippen LogP contribution in [0.5, 0.6) is 0 Å². The van der Waals surface area contributed by atoms with Crippen molar-refractivity contribution in [3.63, 3.8) is 0 Å². The largest absolute Gasteiger partial charge is 0.465 e. The van der Waals surface area contributed by atoms with Gasteiger partial charge in [0.1, 0.15) is 16.8 Å². The fourth-order valence-electron chi connectivity index (χ4n) is 2.05. The quantitative estimate of drug-likeness (QED) is 0.417. The van der Waals surface area contributed by atoms with Gasteiger partial charge in [-0.05, 0) is 48.5 Å². The van der Waals surface area contributed by atoms with Crippen LogP contribution in [0.15, 0.2) is 33.4 Å². The van der Waals surface area contributed by atoms with Crippen molar-refractivity contribution >= 4 is 40.7 Å². The van der Waals surface area contributed by atoms with Crippen LogP contribution in [0, 0.1) is 0 Å². The van der Waals surface area contributed by atoms with E-state index in [1.54, 1.807) is 38.1 Å². The number of benzene rings is 1. The molecule has 12 heteroatoms. The number of ether oxygens (including phenoxy) is 1. The molecule has 2 aromatic heterocycles. The van der Waals surface area contributed by atoms with Crippen molar-refractivity contribution in [3.8, 4) is 5.69 Å². The molecule has 2 heterocycles. The lowest BCUT2D eigenvalue weighted by atomic mass is 10.3. The molecule has 0 aliphatic carbocycles. The molecule has 0 bridgehead atoms. The van der Waals surface area contributed by atoms with Gasteiger partial charge in [0.2, 0.25) is 0 Å². The number of carbonyl (C=O) groups is 1. The molecule has 0 saturated carbocycles. The standard InChI is InChI=1S/C15H15ClN6O3S2/c1-3-25-13(23)9(2)26-14-18-17-12(27-14)8-21-15(24)22(20-19-21)11-6-4-10(16)5-7-11/h4-7,9H,3,8H2,1-2H3. The van der Waals surface area contributed by atoms with Crippen LogP contribution in [0.25, 0.3) is 5.69 Å². The zero-order valence-corrected chi connectivity index (χ0v) is 16.8. The minimum atomic E-state index is -0.401.